The van der Waals surface area contributed by atoms with Crippen LogP contribution in [0.1, 0.15) is 5.56 Å². The first-order valence-corrected chi connectivity index (χ1v) is 6.91. The van der Waals surface area contributed by atoms with Gasteiger partial charge in [-0.1, -0.05) is 6.07 Å². The summed E-state index contributed by atoms with van der Waals surface area (Å²) >= 11 is 0. The van der Waals surface area contributed by atoms with Crippen LogP contribution in [0.4, 0.5) is 8.78 Å². The number of halogens is 2. The number of fused-ring (bicyclic) bond motifs is 1. The summed E-state index contributed by atoms with van der Waals surface area (Å²) in [5.41, 5.74) is 1.08. The molecule has 90 valence electrons. The van der Waals surface area contributed by atoms with Gasteiger partial charge in [0.05, 0.1) is 0 Å². The lowest BCUT2D eigenvalue weighted by molar-refractivity contribution is 0.628. The van der Waals surface area contributed by atoms with Crippen LogP contribution in [-0.4, -0.2) is 0 Å². The fourth-order valence-corrected chi connectivity index (χ4v) is 4.25. The molecular weight excluding hydrogens is 250 g/mol. The number of rotatable bonds is 1. The molecular formula is C15H11F2S+. The molecule has 3 heteroatoms. The van der Waals surface area contributed by atoms with E-state index in [1.165, 1.54) is 18.2 Å². The summed E-state index contributed by atoms with van der Waals surface area (Å²) < 4.78 is 27.6. The molecule has 0 spiro atoms. The quantitative estimate of drug-likeness (QED) is 0.530. The van der Waals surface area contributed by atoms with Crippen molar-refractivity contribution < 1.29 is 8.78 Å². The first-order valence-electron chi connectivity index (χ1n) is 5.63. The molecule has 0 radical (unpaired) electrons. The Bertz CT molecular complexity index is 711. The van der Waals surface area contributed by atoms with Gasteiger partial charge in [0.2, 0.25) is 4.70 Å². The highest BCUT2D eigenvalue weighted by atomic mass is 32.2. The summed E-state index contributed by atoms with van der Waals surface area (Å²) in [6.07, 6.45) is 0. The number of thiophene rings is 1. The topological polar surface area (TPSA) is 0 Å². The van der Waals surface area contributed by atoms with Gasteiger partial charge in [0.15, 0.2) is 10.7 Å². The average Bonchev–Trinajstić information content (AvgIpc) is 2.70. The standard InChI is InChI=1S/C15H11F2S/c1-10-9-18(12-7-5-11(16)6-8-12)15-13(10)3-2-4-14(15)17/h2-9H,1H3/q+1. The van der Waals surface area contributed by atoms with Crippen LogP contribution in [-0.2, 0) is 0 Å². The van der Waals surface area contributed by atoms with Crippen LogP contribution in [0.3, 0.4) is 0 Å². The summed E-state index contributed by atoms with van der Waals surface area (Å²) in [4.78, 5) is 0.944. The van der Waals surface area contributed by atoms with Crippen LogP contribution in [0.15, 0.2) is 47.8 Å². The minimum atomic E-state index is -0.419. The second-order valence-electron chi connectivity index (χ2n) is 4.21. The SMILES string of the molecule is Cc1c[s+](-c2ccc(F)cc2)c2c(F)cccc12. The Labute approximate surface area is 106 Å². The van der Waals surface area contributed by atoms with Crippen molar-refractivity contribution in [2.45, 2.75) is 6.92 Å². The predicted molar refractivity (Wildman–Crippen MR) is 72.4 cm³/mol. The Hall–Kier alpha value is -1.74. The van der Waals surface area contributed by atoms with Gasteiger partial charge in [0.25, 0.3) is 0 Å². The van der Waals surface area contributed by atoms with Crippen molar-refractivity contribution in [2.75, 3.05) is 0 Å². The van der Waals surface area contributed by atoms with E-state index in [9.17, 15) is 8.78 Å². The Kier molecular flexibility index (Phi) is 2.63. The summed E-state index contributed by atoms with van der Waals surface area (Å²) in [5.74, 6) is -0.454. The monoisotopic (exact) mass is 261 g/mol. The number of aryl methyl sites for hydroxylation is 1. The summed E-state index contributed by atoms with van der Waals surface area (Å²) in [6.45, 7) is 1.98. The number of benzene rings is 2. The van der Waals surface area contributed by atoms with Crippen LogP contribution in [0.25, 0.3) is 15.0 Å². The minimum absolute atomic E-state index is 0.187. The Morgan fingerprint density at radius 1 is 0.944 bits per heavy atom. The van der Waals surface area contributed by atoms with Gasteiger partial charge in [0, 0.05) is 33.6 Å². The minimum Gasteiger partial charge on any atom is -0.207 e. The first kappa shape index (κ1) is 11.4. The van der Waals surface area contributed by atoms with Crippen LogP contribution < -0.4 is 0 Å². The van der Waals surface area contributed by atoms with Gasteiger partial charge in [-0.15, -0.1) is 0 Å². The van der Waals surface area contributed by atoms with E-state index in [1.54, 1.807) is 18.2 Å². The third-order valence-electron chi connectivity index (χ3n) is 2.97. The van der Waals surface area contributed by atoms with E-state index in [0.29, 0.717) is 0 Å². The number of hydrogen-bond acceptors (Lipinski definition) is 0. The van der Waals surface area contributed by atoms with Crippen LogP contribution in [0, 0.1) is 18.6 Å². The van der Waals surface area contributed by atoms with Crippen molar-refractivity contribution >= 4 is 20.6 Å². The molecule has 2 aromatic carbocycles. The van der Waals surface area contributed by atoms with Crippen molar-refractivity contribution in [3.8, 4) is 4.90 Å². The maximum atomic E-state index is 14.0. The zero-order valence-electron chi connectivity index (χ0n) is 9.78. The smallest absolute Gasteiger partial charge is 0.207 e. The highest BCUT2D eigenvalue weighted by molar-refractivity contribution is 7.43. The third-order valence-corrected chi connectivity index (χ3v) is 5.20. The van der Waals surface area contributed by atoms with Gasteiger partial charge < -0.3 is 0 Å². The molecule has 0 fully saturated rings. The largest absolute Gasteiger partial charge is 0.222 e. The first-order chi connectivity index (χ1) is 8.66. The molecule has 0 aliphatic carbocycles. The van der Waals surface area contributed by atoms with E-state index >= 15 is 0 Å². The second-order valence-corrected chi connectivity index (χ2v) is 6.00. The second kappa shape index (κ2) is 4.18. The molecule has 0 saturated heterocycles. The van der Waals surface area contributed by atoms with Gasteiger partial charge >= 0.3 is 0 Å². The highest BCUT2D eigenvalue weighted by Gasteiger charge is 2.22. The molecule has 0 aliphatic rings. The van der Waals surface area contributed by atoms with Gasteiger partial charge in [-0.3, -0.25) is 0 Å². The molecule has 0 saturated carbocycles. The normalized spacial score (nSPS) is 12.1. The van der Waals surface area contributed by atoms with Crippen molar-refractivity contribution in [2.24, 2.45) is 0 Å². The van der Waals surface area contributed by atoms with E-state index in [4.69, 9.17) is 0 Å². The Balaban J connectivity index is 2.32. The molecule has 0 nitrogen and oxygen atoms in total. The molecule has 0 aliphatic heterocycles. The Morgan fingerprint density at radius 3 is 2.39 bits per heavy atom. The summed E-state index contributed by atoms with van der Waals surface area (Å²) in [5, 5.41) is 3.02. The maximum Gasteiger partial charge on any atom is 0.222 e. The van der Waals surface area contributed by atoms with E-state index in [0.717, 1.165) is 20.5 Å². The molecule has 0 N–H and O–H groups in total. The van der Waals surface area contributed by atoms with Crippen LogP contribution >= 0.6 is 10.5 Å². The fraction of sp³-hybridized carbons (Fsp3) is 0.0667. The molecule has 0 bridgehead atoms. The van der Waals surface area contributed by atoms with E-state index < -0.39 is 10.5 Å². The van der Waals surface area contributed by atoms with Gasteiger partial charge in [-0.2, -0.15) is 0 Å². The average molecular weight is 261 g/mol. The Morgan fingerprint density at radius 2 is 1.67 bits per heavy atom. The molecule has 0 amide bonds. The van der Waals surface area contributed by atoms with E-state index in [-0.39, 0.29) is 11.6 Å². The summed E-state index contributed by atoms with van der Waals surface area (Å²) in [7, 11) is -0.419. The maximum absolute atomic E-state index is 14.0. The van der Waals surface area contributed by atoms with Crippen molar-refractivity contribution in [1.82, 2.24) is 0 Å². The lowest BCUT2D eigenvalue weighted by Gasteiger charge is -1.93. The third kappa shape index (κ3) is 1.71. The zero-order chi connectivity index (χ0) is 12.7. The van der Waals surface area contributed by atoms with Crippen molar-refractivity contribution in [3.63, 3.8) is 0 Å². The highest BCUT2D eigenvalue weighted by Crippen LogP contribution is 2.43. The van der Waals surface area contributed by atoms with E-state index in [2.05, 4.69) is 5.38 Å². The molecule has 3 rings (SSSR count). The van der Waals surface area contributed by atoms with Crippen molar-refractivity contribution in [3.05, 3.63) is 65.0 Å². The molecule has 1 atom stereocenters. The van der Waals surface area contributed by atoms with Gasteiger partial charge in [-0.25, -0.2) is 8.78 Å². The summed E-state index contributed by atoms with van der Waals surface area (Å²) in [6, 6.07) is 11.4. The molecule has 1 heterocycles. The van der Waals surface area contributed by atoms with Crippen LogP contribution in [0.2, 0.25) is 0 Å². The molecule has 18 heavy (non-hydrogen) atoms. The lowest BCUT2D eigenvalue weighted by Crippen LogP contribution is -1.76. The van der Waals surface area contributed by atoms with Crippen molar-refractivity contribution in [1.29, 1.82) is 0 Å². The molecule has 1 aromatic heterocycles. The van der Waals surface area contributed by atoms with Crippen LogP contribution in [0.5, 0.6) is 0 Å². The molecule has 3 aromatic rings. The van der Waals surface area contributed by atoms with E-state index in [1.807, 2.05) is 13.0 Å². The zero-order valence-corrected chi connectivity index (χ0v) is 10.6. The number of hydrogen-bond donors (Lipinski definition) is 0. The fourth-order valence-electron chi connectivity index (χ4n) is 2.11. The van der Waals surface area contributed by atoms with Gasteiger partial charge in [-0.05, 0) is 31.2 Å². The molecule has 1 unspecified atom stereocenters. The van der Waals surface area contributed by atoms with Gasteiger partial charge in [0.1, 0.15) is 11.2 Å². The lowest BCUT2D eigenvalue weighted by atomic mass is 10.2. The predicted octanol–water partition coefficient (Wildman–Crippen LogP) is 5.16.